The highest BCUT2D eigenvalue weighted by molar-refractivity contribution is 5.44. The third kappa shape index (κ3) is 1.90. The van der Waals surface area contributed by atoms with Gasteiger partial charge in [-0.2, -0.15) is 10.1 Å². The Morgan fingerprint density at radius 1 is 1.39 bits per heavy atom. The molecule has 3 aromatic heterocycles. The molecule has 18 heavy (non-hydrogen) atoms. The fourth-order valence-corrected chi connectivity index (χ4v) is 1.73. The van der Waals surface area contributed by atoms with E-state index in [1.54, 1.807) is 4.52 Å². The molecule has 0 spiro atoms. The summed E-state index contributed by atoms with van der Waals surface area (Å²) in [7, 11) is 0. The van der Waals surface area contributed by atoms with Gasteiger partial charge in [0.25, 0.3) is 0 Å². The summed E-state index contributed by atoms with van der Waals surface area (Å²) in [6.45, 7) is 3.99. The van der Waals surface area contributed by atoms with Crippen LogP contribution in [0.1, 0.15) is 24.4 Å². The van der Waals surface area contributed by atoms with Crippen molar-refractivity contribution in [2.45, 2.75) is 19.9 Å². The zero-order chi connectivity index (χ0) is 12.5. The van der Waals surface area contributed by atoms with Crippen LogP contribution < -0.4 is 5.32 Å². The van der Waals surface area contributed by atoms with Crippen LogP contribution in [0.5, 0.6) is 0 Å². The van der Waals surface area contributed by atoms with Crippen molar-refractivity contribution >= 4 is 11.6 Å². The molecule has 2 N–H and O–H groups in total. The highest BCUT2D eigenvalue weighted by atomic mass is 15.4. The molecule has 1 atom stereocenters. The van der Waals surface area contributed by atoms with Crippen molar-refractivity contribution in [2.75, 3.05) is 5.32 Å². The standard InChI is InChI=1S/C11H13N7/c1-7-3-4-9-15-11(17-18(9)5-7)14-8(2)10-12-6-13-16-10/h3-6,8H,1-2H3,(H,14,17)(H,12,13,16). The molecule has 1 unspecified atom stereocenters. The molecule has 0 aliphatic rings. The lowest BCUT2D eigenvalue weighted by Crippen LogP contribution is -2.09. The maximum absolute atomic E-state index is 4.38. The summed E-state index contributed by atoms with van der Waals surface area (Å²) < 4.78 is 1.75. The normalized spacial score (nSPS) is 12.8. The summed E-state index contributed by atoms with van der Waals surface area (Å²) in [5, 5.41) is 14.2. The number of aromatic nitrogens is 6. The molecule has 0 aliphatic heterocycles. The van der Waals surface area contributed by atoms with Crippen LogP contribution in [0.15, 0.2) is 24.7 Å². The van der Waals surface area contributed by atoms with Gasteiger partial charge in [0.1, 0.15) is 12.2 Å². The van der Waals surface area contributed by atoms with E-state index in [0.29, 0.717) is 5.95 Å². The molecule has 0 amide bonds. The Morgan fingerprint density at radius 2 is 2.28 bits per heavy atom. The predicted octanol–water partition coefficient (Wildman–Crippen LogP) is 1.33. The van der Waals surface area contributed by atoms with Crippen molar-refractivity contribution < 1.29 is 0 Å². The van der Waals surface area contributed by atoms with E-state index < -0.39 is 0 Å². The fraction of sp³-hybridized carbons (Fsp3) is 0.273. The number of hydrogen-bond donors (Lipinski definition) is 2. The first kappa shape index (κ1) is 10.7. The van der Waals surface area contributed by atoms with E-state index in [0.717, 1.165) is 17.0 Å². The number of nitrogens with one attached hydrogen (secondary N) is 2. The first-order chi connectivity index (χ1) is 8.72. The van der Waals surface area contributed by atoms with E-state index in [1.165, 1.54) is 6.33 Å². The van der Waals surface area contributed by atoms with Crippen LogP contribution in [0.4, 0.5) is 5.95 Å². The Morgan fingerprint density at radius 3 is 3.06 bits per heavy atom. The summed E-state index contributed by atoms with van der Waals surface area (Å²) in [5.74, 6) is 1.33. The van der Waals surface area contributed by atoms with Crippen LogP contribution >= 0.6 is 0 Å². The van der Waals surface area contributed by atoms with E-state index in [-0.39, 0.29) is 6.04 Å². The van der Waals surface area contributed by atoms with E-state index in [1.807, 2.05) is 32.2 Å². The van der Waals surface area contributed by atoms with Crippen molar-refractivity contribution in [3.63, 3.8) is 0 Å². The Kier molecular flexibility index (Phi) is 2.44. The minimum absolute atomic E-state index is 0.0222. The number of anilines is 1. The number of rotatable bonds is 3. The van der Waals surface area contributed by atoms with E-state index >= 15 is 0 Å². The highest BCUT2D eigenvalue weighted by Gasteiger charge is 2.11. The van der Waals surface area contributed by atoms with Crippen molar-refractivity contribution in [1.82, 2.24) is 29.8 Å². The molecule has 3 rings (SSSR count). The van der Waals surface area contributed by atoms with Gasteiger partial charge in [-0.05, 0) is 25.5 Å². The Labute approximate surface area is 103 Å². The molecule has 0 aliphatic carbocycles. The van der Waals surface area contributed by atoms with Crippen LogP contribution in [-0.2, 0) is 0 Å². The molecule has 0 saturated heterocycles. The largest absolute Gasteiger partial charge is 0.343 e. The molecule has 0 radical (unpaired) electrons. The number of hydrogen-bond acceptors (Lipinski definition) is 5. The summed E-state index contributed by atoms with van der Waals surface area (Å²) in [5.41, 5.74) is 1.95. The lowest BCUT2D eigenvalue weighted by Gasteiger charge is -2.07. The van der Waals surface area contributed by atoms with Gasteiger partial charge >= 0.3 is 0 Å². The lowest BCUT2D eigenvalue weighted by atomic mass is 10.3. The maximum atomic E-state index is 4.38. The first-order valence-corrected chi connectivity index (χ1v) is 5.67. The lowest BCUT2D eigenvalue weighted by molar-refractivity contribution is 0.781. The summed E-state index contributed by atoms with van der Waals surface area (Å²) in [6, 6.07) is 3.92. The Balaban J connectivity index is 1.86. The van der Waals surface area contributed by atoms with Gasteiger partial charge in [-0.25, -0.2) is 9.50 Å². The molecule has 0 fully saturated rings. The molecular weight excluding hydrogens is 230 g/mol. The van der Waals surface area contributed by atoms with Gasteiger partial charge in [0.15, 0.2) is 5.65 Å². The smallest absolute Gasteiger partial charge is 0.243 e. The van der Waals surface area contributed by atoms with Crippen molar-refractivity contribution in [3.05, 3.63) is 36.0 Å². The quantitative estimate of drug-likeness (QED) is 0.725. The second-order valence-electron chi connectivity index (χ2n) is 4.18. The Hall–Kier alpha value is -2.44. The average molecular weight is 243 g/mol. The van der Waals surface area contributed by atoms with E-state index in [9.17, 15) is 0 Å². The molecule has 7 heteroatoms. The third-order valence-electron chi connectivity index (χ3n) is 2.67. The predicted molar refractivity (Wildman–Crippen MR) is 66.1 cm³/mol. The van der Waals surface area contributed by atoms with Crippen molar-refractivity contribution in [3.8, 4) is 0 Å². The monoisotopic (exact) mass is 243 g/mol. The van der Waals surface area contributed by atoms with Crippen LogP contribution in [0.25, 0.3) is 5.65 Å². The molecule has 0 bridgehead atoms. The molecule has 92 valence electrons. The zero-order valence-corrected chi connectivity index (χ0v) is 10.1. The van der Waals surface area contributed by atoms with Gasteiger partial charge in [-0.3, -0.25) is 5.10 Å². The number of aromatic amines is 1. The van der Waals surface area contributed by atoms with Crippen LogP contribution in [-0.4, -0.2) is 29.8 Å². The zero-order valence-electron chi connectivity index (χ0n) is 10.1. The number of H-pyrrole nitrogens is 1. The van der Waals surface area contributed by atoms with Crippen LogP contribution in [0.3, 0.4) is 0 Å². The van der Waals surface area contributed by atoms with Crippen LogP contribution in [0.2, 0.25) is 0 Å². The summed E-state index contributed by atoms with van der Waals surface area (Å²) in [6.07, 6.45) is 3.42. The Bertz CT molecular complexity index is 655. The molecule has 3 aromatic rings. The SMILES string of the molecule is Cc1ccc2nc(NC(C)c3ncn[nH]3)nn2c1. The van der Waals surface area contributed by atoms with Crippen LogP contribution in [0, 0.1) is 6.92 Å². The van der Waals surface area contributed by atoms with E-state index in [4.69, 9.17) is 0 Å². The van der Waals surface area contributed by atoms with Gasteiger partial charge < -0.3 is 5.32 Å². The fourth-order valence-electron chi connectivity index (χ4n) is 1.73. The van der Waals surface area contributed by atoms with Gasteiger partial charge in [0.2, 0.25) is 5.95 Å². The summed E-state index contributed by atoms with van der Waals surface area (Å²) >= 11 is 0. The minimum atomic E-state index is -0.0222. The van der Waals surface area contributed by atoms with Crippen molar-refractivity contribution in [1.29, 1.82) is 0 Å². The second-order valence-corrected chi connectivity index (χ2v) is 4.18. The minimum Gasteiger partial charge on any atom is -0.343 e. The molecule has 0 aromatic carbocycles. The average Bonchev–Trinajstić information content (AvgIpc) is 2.95. The maximum Gasteiger partial charge on any atom is 0.243 e. The molecular formula is C11H13N7. The highest BCUT2D eigenvalue weighted by Crippen LogP contribution is 2.13. The number of fused-ring (bicyclic) bond motifs is 1. The number of nitrogens with zero attached hydrogens (tertiary/aromatic N) is 5. The summed E-state index contributed by atoms with van der Waals surface area (Å²) in [4.78, 5) is 8.47. The van der Waals surface area contributed by atoms with E-state index in [2.05, 4.69) is 30.6 Å². The molecule has 7 nitrogen and oxygen atoms in total. The van der Waals surface area contributed by atoms with Gasteiger partial charge in [-0.15, -0.1) is 5.10 Å². The second kappa shape index (κ2) is 4.10. The first-order valence-electron chi connectivity index (χ1n) is 5.67. The van der Waals surface area contributed by atoms with Gasteiger partial charge in [0.05, 0.1) is 6.04 Å². The van der Waals surface area contributed by atoms with Gasteiger partial charge in [-0.1, -0.05) is 6.07 Å². The topological polar surface area (TPSA) is 83.8 Å². The molecule has 0 saturated carbocycles. The molecule has 3 heterocycles. The van der Waals surface area contributed by atoms with Crippen molar-refractivity contribution in [2.24, 2.45) is 0 Å². The third-order valence-corrected chi connectivity index (χ3v) is 2.67. The number of aryl methyl sites for hydroxylation is 1. The number of pyridine rings is 1. The van der Waals surface area contributed by atoms with Gasteiger partial charge in [0, 0.05) is 6.20 Å².